The maximum atomic E-state index is 13.2. The van der Waals surface area contributed by atoms with Gasteiger partial charge >= 0.3 is 0 Å². The molecule has 2 N–H and O–H groups in total. The number of rotatable bonds is 6. The van der Waals surface area contributed by atoms with E-state index in [2.05, 4.69) is 65.9 Å². The van der Waals surface area contributed by atoms with Gasteiger partial charge in [-0.05, 0) is 101 Å². The predicted molar refractivity (Wildman–Crippen MR) is 147 cm³/mol. The largest absolute Gasteiger partial charge is 0.493 e. The van der Waals surface area contributed by atoms with Crippen LogP contribution in [0.3, 0.4) is 0 Å². The zero-order valence-corrected chi connectivity index (χ0v) is 21.9. The number of nitrogens with zero attached hydrogens (tertiary/aromatic N) is 1. The molecule has 1 saturated heterocycles. The molecule has 36 heavy (non-hydrogen) atoms. The summed E-state index contributed by atoms with van der Waals surface area (Å²) in [5, 5.41) is 6.82. The number of benzene rings is 2. The second-order valence-electron chi connectivity index (χ2n) is 11.0. The van der Waals surface area contributed by atoms with E-state index in [0.29, 0.717) is 13.0 Å². The third kappa shape index (κ3) is 6.19. The third-order valence-electron chi connectivity index (χ3n) is 8.31. The number of carbonyl (C=O) groups excluding carboxylic acids is 1. The molecule has 3 aliphatic rings. The Balaban J connectivity index is 1.18. The molecule has 5 rings (SSSR count). The minimum Gasteiger partial charge on any atom is -0.493 e. The van der Waals surface area contributed by atoms with E-state index in [1.807, 2.05) is 12.1 Å². The van der Waals surface area contributed by atoms with Crippen LogP contribution >= 0.6 is 0 Å². The van der Waals surface area contributed by atoms with Gasteiger partial charge in [-0.1, -0.05) is 35.9 Å². The van der Waals surface area contributed by atoms with Crippen LogP contribution in [-0.2, 0) is 4.79 Å². The van der Waals surface area contributed by atoms with Crippen LogP contribution in [0.1, 0.15) is 56.1 Å². The van der Waals surface area contributed by atoms with Gasteiger partial charge in [0.25, 0.3) is 0 Å². The zero-order valence-electron chi connectivity index (χ0n) is 21.9. The molecule has 192 valence electrons. The minimum atomic E-state index is 0.0717. The summed E-state index contributed by atoms with van der Waals surface area (Å²) in [5.41, 5.74) is 5.37. The van der Waals surface area contributed by atoms with Crippen molar-refractivity contribution in [2.75, 3.05) is 33.3 Å². The monoisotopic (exact) mass is 487 g/mol. The van der Waals surface area contributed by atoms with Gasteiger partial charge in [0.1, 0.15) is 5.75 Å². The Kier molecular flexibility index (Phi) is 8.08. The molecule has 2 fully saturated rings. The van der Waals surface area contributed by atoms with Gasteiger partial charge in [0.15, 0.2) is 0 Å². The normalized spacial score (nSPS) is 22.8. The van der Waals surface area contributed by atoms with Crippen molar-refractivity contribution >= 4 is 12.0 Å². The van der Waals surface area contributed by atoms with Crippen molar-refractivity contribution in [1.29, 1.82) is 0 Å². The fourth-order valence-electron chi connectivity index (χ4n) is 6.00. The lowest BCUT2D eigenvalue weighted by Crippen LogP contribution is -2.44. The van der Waals surface area contributed by atoms with Crippen LogP contribution in [0.25, 0.3) is 17.2 Å². The van der Waals surface area contributed by atoms with Crippen LogP contribution in [0, 0.1) is 12.8 Å². The zero-order chi connectivity index (χ0) is 24.9. The molecule has 0 unspecified atom stereocenters. The molecule has 1 amide bonds. The summed E-state index contributed by atoms with van der Waals surface area (Å²) in [5.74, 6) is 1.67. The van der Waals surface area contributed by atoms with Crippen molar-refractivity contribution in [2.24, 2.45) is 5.92 Å². The molecule has 2 heterocycles. The number of hydrogen-bond donors (Lipinski definition) is 2. The minimum absolute atomic E-state index is 0.0717. The van der Waals surface area contributed by atoms with Gasteiger partial charge < -0.3 is 20.3 Å². The molecular formula is C31H41N3O2. The second kappa shape index (κ2) is 11.6. The summed E-state index contributed by atoms with van der Waals surface area (Å²) >= 11 is 0. The number of aryl methyl sites for hydroxylation is 1. The quantitative estimate of drug-likeness (QED) is 0.589. The summed E-state index contributed by atoms with van der Waals surface area (Å²) in [6.07, 6.45) is 9.75. The average molecular weight is 488 g/mol. The predicted octanol–water partition coefficient (Wildman–Crippen LogP) is 5.19. The van der Waals surface area contributed by atoms with Crippen LogP contribution in [0.5, 0.6) is 5.75 Å². The average Bonchev–Trinajstić information content (AvgIpc) is 3.13. The van der Waals surface area contributed by atoms with E-state index in [1.165, 1.54) is 43.4 Å². The van der Waals surface area contributed by atoms with E-state index in [9.17, 15) is 4.79 Å². The Bertz CT molecular complexity index is 1060. The first-order valence-corrected chi connectivity index (χ1v) is 13.8. The van der Waals surface area contributed by atoms with Crippen molar-refractivity contribution < 1.29 is 9.53 Å². The van der Waals surface area contributed by atoms with Crippen molar-refractivity contribution in [3.05, 3.63) is 59.2 Å². The third-order valence-corrected chi connectivity index (χ3v) is 8.31. The molecule has 5 nitrogen and oxygen atoms in total. The van der Waals surface area contributed by atoms with Crippen LogP contribution < -0.4 is 15.4 Å². The SMILES string of the molecule is Cc1ccc(-c2ccc3c(c2)C=C(C(=O)NC2CCC(CN(C)C4CCNCC4)CC2)CCO3)cc1. The Morgan fingerprint density at radius 1 is 1.00 bits per heavy atom. The molecule has 5 heteroatoms. The van der Waals surface area contributed by atoms with Crippen molar-refractivity contribution in [2.45, 2.75) is 64.0 Å². The van der Waals surface area contributed by atoms with Crippen molar-refractivity contribution in [3.63, 3.8) is 0 Å². The number of piperidine rings is 1. The molecule has 1 saturated carbocycles. The highest BCUT2D eigenvalue weighted by Gasteiger charge is 2.27. The summed E-state index contributed by atoms with van der Waals surface area (Å²) in [7, 11) is 2.30. The lowest BCUT2D eigenvalue weighted by Gasteiger charge is -2.36. The lowest BCUT2D eigenvalue weighted by molar-refractivity contribution is -0.118. The summed E-state index contributed by atoms with van der Waals surface area (Å²) in [4.78, 5) is 15.8. The Hall–Kier alpha value is -2.63. The van der Waals surface area contributed by atoms with E-state index >= 15 is 0 Å². The number of hydrogen-bond acceptors (Lipinski definition) is 4. The summed E-state index contributed by atoms with van der Waals surface area (Å²) < 4.78 is 5.99. The lowest BCUT2D eigenvalue weighted by atomic mass is 9.85. The maximum absolute atomic E-state index is 13.2. The van der Waals surface area contributed by atoms with Crippen LogP contribution in [0.2, 0.25) is 0 Å². The van der Waals surface area contributed by atoms with E-state index in [-0.39, 0.29) is 11.9 Å². The Morgan fingerprint density at radius 3 is 2.47 bits per heavy atom. The first-order valence-electron chi connectivity index (χ1n) is 13.8. The fourth-order valence-corrected chi connectivity index (χ4v) is 6.00. The van der Waals surface area contributed by atoms with Gasteiger partial charge in [-0.3, -0.25) is 4.79 Å². The molecule has 0 bridgehead atoms. The maximum Gasteiger partial charge on any atom is 0.247 e. The highest BCUT2D eigenvalue weighted by Crippen LogP contribution is 2.32. The highest BCUT2D eigenvalue weighted by molar-refractivity contribution is 5.98. The van der Waals surface area contributed by atoms with Gasteiger partial charge in [0.05, 0.1) is 6.61 Å². The molecule has 0 aromatic heterocycles. The Labute approximate surface area is 216 Å². The summed E-state index contributed by atoms with van der Waals surface area (Å²) in [6, 6.07) is 15.8. The van der Waals surface area contributed by atoms with Gasteiger partial charge in [0, 0.05) is 36.2 Å². The molecule has 2 aromatic carbocycles. The van der Waals surface area contributed by atoms with Gasteiger partial charge in [-0.2, -0.15) is 0 Å². The topological polar surface area (TPSA) is 53.6 Å². The number of ether oxygens (including phenoxy) is 1. The van der Waals surface area contributed by atoms with Crippen molar-refractivity contribution in [1.82, 2.24) is 15.5 Å². The number of carbonyl (C=O) groups is 1. The number of amides is 1. The molecule has 2 aromatic rings. The number of nitrogens with one attached hydrogen (secondary N) is 2. The van der Waals surface area contributed by atoms with E-state index in [4.69, 9.17) is 4.74 Å². The van der Waals surface area contributed by atoms with Gasteiger partial charge in [-0.15, -0.1) is 0 Å². The fraction of sp³-hybridized carbons (Fsp3) is 0.516. The smallest absolute Gasteiger partial charge is 0.247 e. The van der Waals surface area contributed by atoms with Crippen molar-refractivity contribution in [3.8, 4) is 16.9 Å². The van der Waals surface area contributed by atoms with E-state index in [1.54, 1.807) is 0 Å². The highest BCUT2D eigenvalue weighted by atomic mass is 16.5. The molecule has 0 atom stereocenters. The van der Waals surface area contributed by atoms with Crippen LogP contribution in [-0.4, -0.2) is 56.2 Å². The van der Waals surface area contributed by atoms with Crippen LogP contribution in [0.4, 0.5) is 0 Å². The second-order valence-corrected chi connectivity index (χ2v) is 11.0. The first-order chi connectivity index (χ1) is 17.5. The molecular weight excluding hydrogens is 446 g/mol. The van der Waals surface area contributed by atoms with Gasteiger partial charge in [-0.25, -0.2) is 0 Å². The standard InChI is InChI=1S/C31H41N3O2/c1-22-3-7-24(8-4-22)25-9-12-30-27(19-25)20-26(15-18-36-30)31(35)33-28-10-5-23(6-11-28)21-34(2)29-13-16-32-17-14-29/h3-4,7-9,12,19-20,23,28-29,32H,5-6,10-11,13-18,21H2,1-2H3,(H,33,35). The van der Waals surface area contributed by atoms with E-state index < -0.39 is 0 Å². The van der Waals surface area contributed by atoms with Crippen LogP contribution in [0.15, 0.2) is 48.0 Å². The summed E-state index contributed by atoms with van der Waals surface area (Å²) in [6.45, 7) is 6.11. The van der Waals surface area contributed by atoms with E-state index in [0.717, 1.165) is 60.3 Å². The Morgan fingerprint density at radius 2 is 1.72 bits per heavy atom. The molecule has 2 aliphatic heterocycles. The molecule has 0 radical (unpaired) electrons. The van der Waals surface area contributed by atoms with Gasteiger partial charge in [0.2, 0.25) is 5.91 Å². The number of fused-ring (bicyclic) bond motifs is 1. The molecule has 0 spiro atoms. The molecule has 1 aliphatic carbocycles. The first kappa shape index (κ1) is 25.0.